The number of hydrogen-bond acceptors (Lipinski definition) is 2. The molecule has 2 aliphatic rings. The molecular weight excluding hydrogens is 232 g/mol. The lowest BCUT2D eigenvalue weighted by molar-refractivity contribution is 0.620. The van der Waals surface area contributed by atoms with Gasteiger partial charge in [-0.15, -0.1) is 0 Å². The molecule has 0 saturated heterocycles. The van der Waals surface area contributed by atoms with Crippen molar-refractivity contribution in [2.45, 2.75) is 6.92 Å². The highest BCUT2D eigenvalue weighted by Crippen LogP contribution is 2.32. The summed E-state index contributed by atoms with van der Waals surface area (Å²) in [4.78, 5) is 6.46. The van der Waals surface area contributed by atoms with Crippen LogP contribution in [0.2, 0.25) is 0 Å². The van der Waals surface area contributed by atoms with Gasteiger partial charge in [-0.3, -0.25) is 4.99 Å². The smallest absolute Gasteiger partial charge is 0.0708 e. The molecule has 2 aliphatic heterocycles. The molecule has 0 aliphatic carbocycles. The highest BCUT2D eigenvalue weighted by Gasteiger charge is 2.10. The SMILES string of the molecule is Cc1ccc2c(c1)/C(=C/C=C1C=CN(C)C=C1)C=N2. The lowest BCUT2D eigenvalue weighted by atomic mass is 10.0. The van der Waals surface area contributed by atoms with Gasteiger partial charge in [0, 0.05) is 36.8 Å². The molecule has 1 aromatic rings. The van der Waals surface area contributed by atoms with E-state index < -0.39 is 0 Å². The molecule has 0 fully saturated rings. The Bertz CT molecular complexity index is 642. The van der Waals surface area contributed by atoms with Crippen LogP contribution in [0.3, 0.4) is 0 Å². The largest absolute Gasteiger partial charge is 0.357 e. The Labute approximate surface area is 113 Å². The highest BCUT2D eigenvalue weighted by atomic mass is 15.0. The second kappa shape index (κ2) is 4.73. The van der Waals surface area contributed by atoms with E-state index in [1.165, 1.54) is 22.3 Å². The van der Waals surface area contributed by atoms with Crippen LogP contribution >= 0.6 is 0 Å². The summed E-state index contributed by atoms with van der Waals surface area (Å²) < 4.78 is 0. The first kappa shape index (κ1) is 11.7. The van der Waals surface area contributed by atoms with E-state index in [1.807, 2.05) is 30.6 Å². The zero-order chi connectivity index (χ0) is 13.2. The van der Waals surface area contributed by atoms with E-state index >= 15 is 0 Å². The van der Waals surface area contributed by atoms with Gasteiger partial charge in [0.25, 0.3) is 0 Å². The van der Waals surface area contributed by atoms with Gasteiger partial charge in [-0.25, -0.2) is 0 Å². The van der Waals surface area contributed by atoms with E-state index in [4.69, 9.17) is 0 Å². The maximum Gasteiger partial charge on any atom is 0.0708 e. The summed E-state index contributed by atoms with van der Waals surface area (Å²) in [5.41, 5.74) is 5.91. The third-order valence-corrected chi connectivity index (χ3v) is 3.27. The summed E-state index contributed by atoms with van der Waals surface area (Å²) in [5, 5.41) is 0. The first-order valence-electron chi connectivity index (χ1n) is 6.38. The number of benzene rings is 1. The van der Waals surface area contributed by atoms with Crippen molar-refractivity contribution < 1.29 is 0 Å². The molecule has 0 spiro atoms. The monoisotopic (exact) mass is 248 g/mol. The third kappa shape index (κ3) is 2.43. The zero-order valence-corrected chi connectivity index (χ0v) is 11.2. The predicted octanol–water partition coefficient (Wildman–Crippen LogP) is 3.99. The van der Waals surface area contributed by atoms with Crippen molar-refractivity contribution in [3.05, 3.63) is 71.6 Å². The lowest BCUT2D eigenvalue weighted by Gasteiger charge is -2.11. The molecule has 1 aromatic carbocycles. The van der Waals surface area contributed by atoms with E-state index in [1.54, 1.807) is 0 Å². The molecule has 0 amide bonds. The van der Waals surface area contributed by atoms with Crippen LogP contribution in [0.4, 0.5) is 5.69 Å². The van der Waals surface area contributed by atoms with Gasteiger partial charge >= 0.3 is 0 Å². The first-order valence-corrected chi connectivity index (χ1v) is 6.38. The molecule has 0 radical (unpaired) electrons. The first-order chi connectivity index (χ1) is 9.22. The number of aryl methyl sites for hydroxylation is 1. The molecule has 3 rings (SSSR count). The molecular formula is C17H16N2. The van der Waals surface area contributed by atoms with Crippen molar-refractivity contribution in [3.8, 4) is 0 Å². The standard InChI is InChI=1S/C17H16N2/c1-13-3-6-17-16(11-13)15(12-18-17)5-4-14-7-9-19(2)10-8-14/h3-12H,1-2H3/b15-5+. The average molecular weight is 248 g/mol. The summed E-state index contributed by atoms with van der Waals surface area (Å²) in [6.45, 7) is 2.11. The number of hydrogen-bond donors (Lipinski definition) is 0. The fraction of sp³-hybridized carbons (Fsp3) is 0.118. The van der Waals surface area contributed by atoms with E-state index in [0.29, 0.717) is 0 Å². The van der Waals surface area contributed by atoms with E-state index in [-0.39, 0.29) is 0 Å². The van der Waals surface area contributed by atoms with Crippen LogP contribution in [0.1, 0.15) is 11.1 Å². The number of rotatable bonds is 1. The van der Waals surface area contributed by atoms with Crippen molar-refractivity contribution in [3.63, 3.8) is 0 Å². The van der Waals surface area contributed by atoms with Crippen LogP contribution < -0.4 is 0 Å². The van der Waals surface area contributed by atoms with Crippen LogP contribution in [0.5, 0.6) is 0 Å². The maximum atomic E-state index is 4.43. The summed E-state index contributed by atoms with van der Waals surface area (Å²) in [7, 11) is 2.02. The molecule has 0 atom stereocenters. The van der Waals surface area contributed by atoms with Crippen molar-refractivity contribution in [1.82, 2.24) is 4.90 Å². The van der Waals surface area contributed by atoms with Crippen LogP contribution in [0.15, 0.2) is 65.5 Å². The molecule has 2 nitrogen and oxygen atoms in total. The number of aliphatic imine (C=N–C) groups is 1. The normalized spacial score (nSPS) is 18.3. The molecule has 0 aromatic heterocycles. The molecule has 19 heavy (non-hydrogen) atoms. The Morgan fingerprint density at radius 3 is 2.68 bits per heavy atom. The second-order valence-corrected chi connectivity index (χ2v) is 4.86. The molecule has 0 N–H and O–H groups in total. The summed E-state index contributed by atoms with van der Waals surface area (Å²) >= 11 is 0. The van der Waals surface area contributed by atoms with Gasteiger partial charge in [-0.05, 0) is 36.8 Å². The topological polar surface area (TPSA) is 15.6 Å². The summed E-state index contributed by atoms with van der Waals surface area (Å²) in [6, 6.07) is 6.36. The Balaban J connectivity index is 1.90. The maximum absolute atomic E-state index is 4.43. The van der Waals surface area contributed by atoms with E-state index in [0.717, 1.165) is 5.69 Å². The number of allylic oxidation sites excluding steroid dienone is 6. The molecule has 0 saturated carbocycles. The Kier molecular flexibility index (Phi) is 2.92. The fourth-order valence-corrected chi connectivity index (χ4v) is 2.14. The highest BCUT2D eigenvalue weighted by molar-refractivity contribution is 6.16. The summed E-state index contributed by atoms with van der Waals surface area (Å²) in [5.74, 6) is 0. The van der Waals surface area contributed by atoms with Crippen LogP contribution in [0.25, 0.3) is 5.57 Å². The van der Waals surface area contributed by atoms with Crippen molar-refractivity contribution in [2.24, 2.45) is 4.99 Å². The Morgan fingerprint density at radius 1 is 1.11 bits per heavy atom. The minimum Gasteiger partial charge on any atom is -0.357 e. The number of fused-ring (bicyclic) bond motifs is 1. The van der Waals surface area contributed by atoms with Gasteiger partial charge in [0.2, 0.25) is 0 Å². The van der Waals surface area contributed by atoms with Gasteiger partial charge < -0.3 is 4.90 Å². The fourth-order valence-electron chi connectivity index (χ4n) is 2.14. The molecule has 0 bridgehead atoms. The van der Waals surface area contributed by atoms with E-state index in [9.17, 15) is 0 Å². The van der Waals surface area contributed by atoms with Crippen molar-refractivity contribution >= 4 is 17.5 Å². The quantitative estimate of drug-likeness (QED) is 0.733. The third-order valence-electron chi connectivity index (χ3n) is 3.27. The summed E-state index contributed by atoms with van der Waals surface area (Å²) in [6.07, 6.45) is 14.5. The van der Waals surface area contributed by atoms with Gasteiger partial charge in [0.1, 0.15) is 0 Å². The molecule has 2 heterocycles. The van der Waals surface area contributed by atoms with Crippen LogP contribution in [-0.4, -0.2) is 18.2 Å². The van der Waals surface area contributed by atoms with Crippen molar-refractivity contribution in [2.75, 3.05) is 7.05 Å². The van der Waals surface area contributed by atoms with Gasteiger partial charge in [-0.2, -0.15) is 0 Å². The second-order valence-electron chi connectivity index (χ2n) is 4.86. The molecule has 0 unspecified atom stereocenters. The van der Waals surface area contributed by atoms with Gasteiger partial charge in [0.15, 0.2) is 0 Å². The van der Waals surface area contributed by atoms with E-state index in [2.05, 4.69) is 54.4 Å². The van der Waals surface area contributed by atoms with Gasteiger partial charge in [-0.1, -0.05) is 23.8 Å². The van der Waals surface area contributed by atoms with Crippen molar-refractivity contribution in [1.29, 1.82) is 0 Å². The zero-order valence-electron chi connectivity index (χ0n) is 11.2. The van der Waals surface area contributed by atoms with Gasteiger partial charge in [0.05, 0.1) is 5.69 Å². The molecule has 2 heteroatoms. The average Bonchev–Trinajstić information content (AvgIpc) is 2.80. The van der Waals surface area contributed by atoms with Crippen LogP contribution in [-0.2, 0) is 0 Å². The predicted molar refractivity (Wildman–Crippen MR) is 81.4 cm³/mol. The Morgan fingerprint density at radius 2 is 1.89 bits per heavy atom. The lowest BCUT2D eigenvalue weighted by Crippen LogP contribution is -2.02. The molecule has 94 valence electrons. The minimum absolute atomic E-state index is 1.06. The Hall–Kier alpha value is -2.35. The minimum atomic E-state index is 1.06. The van der Waals surface area contributed by atoms with Crippen LogP contribution in [0, 0.1) is 6.92 Å². The number of nitrogens with zero attached hydrogens (tertiary/aromatic N) is 2.